The van der Waals surface area contributed by atoms with Crippen LogP contribution in [-0.4, -0.2) is 32.7 Å². The van der Waals surface area contributed by atoms with Crippen LogP contribution >= 0.6 is 0 Å². The molecule has 0 aromatic heterocycles. The van der Waals surface area contributed by atoms with Crippen LogP contribution in [0.25, 0.3) is 0 Å². The minimum absolute atomic E-state index is 0.0530. The summed E-state index contributed by atoms with van der Waals surface area (Å²) >= 11 is 0. The molecule has 1 saturated carbocycles. The number of carbonyl (C=O) groups is 1. The van der Waals surface area contributed by atoms with Gasteiger partial charge in [-0.05, 0) is 31.9 Å². The van der Waals surface area contributed by atoms with Crippen LogP contribution in [0, 0.1) is 5.82 Å². The summed E-state index contributed by atoms with van der Waals surface area (Å²) in [5.74, 6) is -1.06. The molecule has 2 rings (SSSR count). The Morgan fingerprint density at radius 3 is 2.28 bits per heavy atom. The SMILES string of the molecule is C[C@H](C(=O)NC1CCCCCCC1)N(c1ccccc1F)S(C)(=O)=O. The van der Waals surface area contributed by atoms with E-state index in [4.69, 9.17) is 0 Å². The minimum Gasteiger partial charge on any atom is -0.352 e. The zero-order valence-corrected chi connectivity index (χ0v) is 15.7. The summed E-state index contributed by atoms with van der Waals surface area (Å²) < 4.78 is 39.4. The van der Waals surface area contributed by atoms with Crippen LogP contribution < -0.4 is 9.62 Å². The normalized spacial score (nSPS) is 18.0. The van der Waals surface area contributed by atoms with Gasteiger partial charge in [-0.25, -0.2) is 12.8 Å². The van der Waals surface area contributed by atoms with Gasteiger partial charge in [-0.1, -0.05) is 44.2 Å². The Hall–Kier alpha value is -1.63. The third-order valence-electron chi connectivity index (χ3n) is 4.63. The van der Waals surface area contributed by atoms with Crippen molar-refractivity contribution in [1.82, 2.24) is 5.32 Å². The highest BCUT2D eigenvalue weighted by molar-refractivity contribution is 7.92. The van der Waals surface area contributed by atoms with Gasteiger partial charge in [-0.15, -0.1) is 0 Å². The molecule has 0 unspecified atom stereocenters. The number of benzene rings is 1. The van der Waals surface area contributed by atoms with E-state index in [-0.39, 0.29) is 17.6 Å². The largest absolute Gasteiger partial charge is 0.352 e. The average Bonchev–Trinajstić information content (AvgIpc) is 2.50. The predicted octanol–water partition coefficient (Wildman–Crippen LogP) is 3.21. The number of hydrogen-bond donors (Lipinski definition) is 1. The van der Waals surface area contributed by atoms with Gasteiger partial charge < -0.3 is 5.32 Å². The first-order valence-corrected chi connectivity index (χ1v) is 10.7. The van der Waals surface area contributed by atoms with Gasteiger partial charge in [0.25, 0.3) is 0 Å². The summed E-state index contributed by atoms with van der Waals surface area (Å²) in [7, 11) is -3.81. The number of anilines is 1. The van der Waals surface area contributed by atoms with E-state index in [2.05, 4.69) is 5.32 Å². The lowest BCUT2D eigenvalue weighted by Crippen LogP contribution is -2.50. The number of halogens is 1. The van der Waals surface area contributed by atoms with Crippen molar-refractivity contribution < 1.29 is 17.6 Å². The highest BCUT2D eigenvalue weighted by atomic mass is 32.2. The van der Waals surface area contributed by atoms with Crippen molar-refractivity contribution in [1.29, 1.82) is 0 Å². The molecule has 1 fully saturated rings. The zero-order valence-electron chi connectivity index (χ0n) is 14.9. The van der Waals surface area contributed by atoms with Crippen LogP contribution in [0.2, 0.25) is 0 Å². The van der Waals surface area contributed by atoms with E-state index in [1.165, 1.54) is 31.5 Å². The Labute approximate surface area is 149 Å². The van der Waals surface area contributed by atoms with E-state index in [0.717, 1.165) is 49.1 Å². The van der Waals surface area contributed by atoms with Crippen molar-refractivity contribution in [2.45, 2.75) is 64.0 Å². The summed E-state index contributed by atoms with van der Waals surface area (Å²) in [6, 6.07) is 4.63. The first-order chi connectivity index (χ1) is 11.8. The molecule has 0 saturated heterocycles. The quantitative estimate of drug-likeness (QED) is 0.865. The molecule has 1 aliphatic carbocycles. The molecule has 5 nitrogen and oxygen atoms in total. The van der Waals surface area contributed by atoms with Gasteiger partial charge in [0.1, 0.15) is 11.9 Å². The molecule has 1 atom stereocenters. The predicted molar refractivity (Wildman–Crippen MR) is 97.4 cm³/mol. The molecule has 1 aromatic carbocycles. The van der Waals surface area contributed by atoms with Crippen molar-refractivity contribution in [3.63, 3.8) is 0 Å². The Morgan fingerprint density at radius 2 is 1.72 bits per heavy atom. The highest BCUT2D eigenvalue weighted by Crippen LogP contribution is 2.24. The number of para-hydroxylation sites is 1. The monoisotopic (exact) mass is 370 g/mol. The minimum atomic E-state index is -3.81. The summed E-state index contributed by atoms with van der Waals surface area (Å²) in [5.41, 5.74) is -0.106. The van der Waals surface area contributed by atoms with Gasteiger partial charge in [0.2, 0.25) is 15.9 Å². The van der Waals surface area contributed by atoms with Crippen LogP contribution in [0.15, 0.2) is 24.3 Å². The van der Waals surface area contributed by atoms with Crippen molar-refractivity contribution in [2.75, 3.05) is 10.6 Å². The van der Waals surface area contributed by atoms with Gasteiger partial charge >= 0.3 is 0 Å². The van der Waals surface area contributed by atoms with Crippen LogP contribution in [0.4, 0.5) is 10.1 Å². The molecule has 0 aliphatic heterocycles. The second-order valence-electron chi connectivity index (χ2n) is 6.74. The third kappa shape index (κ3) is 5.42. The molecule has 7 heteroatoms. The number of sulfonamides is 1. The second kappa shape index (κ2) is 8.65. The maximum atomic E-state index is 14.1. The lowest BCUT2D eigenvalue weighted by molar-refractivity contribution is -0.122. The summed E-state index contributed by atoms with van der Waals surface area (Å²) in [5, 5.41) is 2.96. The number of rotatable bonds is 5. The van der Waals surface area contributed by atoms with E-state index in [1.807, 2.05) is 0 Å². The van der Waals surface area contributed by atoms with Gasteiger partial charge in [0.05, 0.1) is 11.9 Å². The Morgan fingerprint density at radius 1 is 1.16 bits per heavy atom. The Kier molecular flexibility index (Phi) is 6.81. The van der Waals surface area contributed by atoms with Gasteiger partial charge in [-0.2, -0.15) is 0 Å². The molecule has 0 radical (unpaired) electrons. The van der Waals surface area contributed by atoms with Crippen molar-refractivity contribution in [3.05, 3.63) is 30.1 Å². The fourth-order valence-corrected chi connectivity index (χ4v) is 4.51. The Balaban J connectivity index is 2.17. The summed E-state index contributed by atoms with van der Waals surface area (Å²) in [6.45, 7) is 1.49. The average molecular weight is 370 g/mol. The lowest BCUT2D eigenvalue weighted by atomic mass is 9.96. The fraction of sp³-hybridized carbons (Fsp3) is 0.611. The van der Waals surface area contributed by atoms with Gasteiger partial charge in [-0.3, -0.25) is 9.10 Å². The van der Waals surface area contributed by atoms with E-state index in [9.17, 15) is 17.6 Å². The number of carbonyl (C=O) groups excluding carboxylic acids is 1. The molecule has 25 heavy (non-hydrogen) atoms. The standard InChI is InChI=1S/C18H27FN2O3S/c1-14(18(22)20-15-10-6-4-3-5-7-11-15)21(25(2,23)24)17-13-9-8-12-16(17)19/h8-9,12-15H,3-7,10-11H2,1-2H3,(H,20,22)/t14-/m1/s1. The topological polar surface area (TPSA) is 66.5 Å². The maximum absolute atomic E-state index is 14.1. The molecule has 1 N–H and O–H groups in total. The molecular weight excluding hydrogens is 343 g/mol. The Bertz CT molecular complexity index is 685. The van der Waals surface area contributed by atoms with Crippen molar-refractivity contribution in [2.24, 2.45) is 0 Å². The molecule has 0 bridgehead atoms. The fourth-order valence-electron chi connectivity index (χ4n) is 3.33. The van der Waals surface area contributed by atoms with E-state index in [1.54, 1.807) is 6.07 Å². The number of nitrogens with zero attached hydrogens (tertiary/aromatic N) is 1. The number of hydrogen-bond acceptors (Lipinski definition) is 3. The van der Waals surface area contributed by atoms with E-state index >= 15 is 0 Å². The first-order valence-electron chi connectivity index (χ1n) is 8.85. The molecule has 1 amide bonds. The zero-order chi connectivity index (χ0) is 18.4. The van der Waals surface area contributed by atoms with Crippen LogP contribution in [-0.2, 0) is 14.8 Å². The summed E-state index contributed by atoms with van der Waals surface area (Å²) in [6.07, 6.45) is 8.45. The molecule has 0 heterocycles. The smallest absolute Gasteiger partial charge is 0.243 e. The second-order valence-corrected chi connectivity index (χ2v) is 8.60. The van der Waals surface area contributed by atoms with Crippen molar-refractivity contribution >= 4 is 21.6 Å². The first kappa shape index (κ1) is 19.7. The maximum Gasteiger partial charge on any atom is 0.243 e. The molecule has 0 spiro atoms. The van der Waals surface area contributed by atoms with Gasteiger partial charge in [0.15, 0.2) is 0 Å². The number of nitrogens with one attached hydrogen (secondary N) is 1. The van der Waals surface area contributed by atoms with Crippen molar-refractivity contribution in [3.8, 4) is 0 Å². The highest BCUT2D eigenvalue weighted by Gasteiger charge is 2.31. The van der Waals surface area contributed by atoms with Crippen LogP contribution in [0.3, 0.4) is 0 Å². The van der Waals surface area contributed by atoms with Crippen LogP contribution in [0.5, 0.6) is 0 Å². The molecular formula is C18H27FN2O3S. The molecule has 140 valence electrons. The molecule has 1 aliphatic rings. The van der Waals surface area contributed by atoms with Gasteiger partial charge in [0, 0.05) is 6.04 Å². The van der Waals surface area contributed by atoms with E-state index < -0.39 is 21.9 Å². The van der Waals surface area contributed by atoms with Crippen LogP contribution in [0.1, 0.15) is 51.9 Å². The van der Waals surface area contributed by atoms with E-state index in [0.29, 0.717) is 0 Å². The summed E-state index contributed by atoms with van der Waals surface area (Å²) in [4.78, 5) is 12.6. The number of amides is 1. The molecule has 1 aromatic rings. The third-order valence-corrected chi connectivity index (χ3v) is 5.86. The lowest BCUT2D eigenvalue weighted by Gasteiger charge is -2.30.